The summed E-state index contributed by atoms with van der Waals surface area (Å²) in [5.41, 5.74) is 3.06. The van der Waals surface area contributed by atoms with Gasteiger partial charge in [0.2, 0.25) is 11.6 Å². The molecule has 0 atom stereocenters. The van der Waals surface area contributed by atoms with Crippen molar-refractivity contribution < 1.29 is 4.79 Å². The van der Waals surface area contributed by atoms with E-state index < -0.39 is 0 Å². The second-order valence-corrected chi connectivity index (χ2v) is 6.71. The maximum absolute atomic E-state index is 12.8. The smallest absolute Gasteiger partial charge is 0.293 e. The minimum atomic E-state index is -0.382. The van der Waals surface area contributed by atoms with Gasteiger partial charge in [0.25, 0.3) is 5.91 Å². The molecule has 1 aliphatic heterocycles. The Morgan fingerprint density at radius 3 is 2.83 bits per heavy atom. The quantitative estimate of drug-likeness (QED) is 0.415. The number of amides is 1. The van der Waals surface area contributed by atoms with Crippen molar-refractivity contribution in [2.75, 3.05) is 36.4 Å². The first-order valence-corrected chi connectivity index (χ1v) is 9.36. The first-order chi connectivity index (χ1) is 14.3. The summed E-state index contributed by atoms with van der Waals surface area (Å²) in [6.45, 7) is 3.54. The first-order valence-electron chi connectivity index (χ1n) is 9.36. The Kier molecular flexibility index (Phi) is 4.37. The van der Waals surface area contributed by atoms with Crippen LogP contribution < -0.4 is 15.5 Å². The Hall–Kier alpha value is -3.79. The number of hydrogen-bond acceptors (Lipinski definition) is 7. The van der Waals surface area contributed by atoms with Crippen molar-refractivity contribution in [1.29, 1.82) is 0 Å². The summed E-state index contributed by atoms with van der Waals surface area (Å²) in [5, 5.41) is 21.2. The minimum absolute atomic E-state index is 0.113. The number of carbonyl (C=O) groups is 1. The van der Waals surface area contributed by atoms with Gasteiger partial charge in [0, 0.05) is 37.8 Å². The molecule has 4 heterocycles. The average molecular weight is 389 g/mol. The number of aromatic nitrogens is 6. The summed E-state index contributed by atoms with van der Waals surface area (Å²) in [6, 6.07) is 9.60. The van der Waals surface area contributed by atoms with E-state index in [9.17, 15) is 4.79 Å². The molecule has 0 radical (unpaired) electrons. The van der Waals surface area contributed by atoms with Crippen molar-refractivity contribution in [2.45, 2.75) is 0 Å². The molecule has 5 rings (SSSR count). The van der Waals surface area contributed by atoms with Crippen LogP contribution in [0.2, 0.25) is 0 Å². The molecule has 1 aromatic carbocycles. The molecule has 4 N–H and O–H groups in total. The number of hydrogen-bond donors (Lipinski definition) is 4. The number of fused-ring (bicyclic) bond motifs is 1. The van der Waals surface area contributed by atoms with Crippen LogP contribution in [-0.4, -0.2) is 62.4 Å². The maximum Gasteiger partial charge on any atom is 0.293 e. The van der Waals surface area contributed by atoms with Crippen LogP contribution in [0, 0.1) is 0 Å². The minimum Gasteiger partial charge on any atom is -0.367 e. The molecule has 29 heavy (non-hydrogen) atoms. The van der Waals surface area contributed by atoms with Crippen molar-refractivity contribution in [1.82, 2.24) is 35.7 Å². The van der Waals surface area contributed by atoms with Gasteiger partial charge in [-0.25, -0.2) is 4.98 Å². The van der Waals surface area contributed by atoms with Crippen LogP contribution in [0.3, 0.4) is 0 Å². The zero-order valence-electron chi connectivity index (χ0n) is 15.5. The monoisotopic (exact) mass is 389 g/mol. The van der Waals surface area contributed by atoms with Gasteiger partial charge in [-0.3, -0.25) is 20.0 Å². The molecule has 3 aromatic heterocycles. The number of piperazine rings is 1. The van der Waals surface area contributed by atoms with Crippen molar-refractivity contribution in [3.63, 3.8) is 0 Å². The van der Waals surface area contributed by atoms with Gasteiger partial charge in [-0.15, -0.1) is 0 Å². The Labute approximate surface area is 165 Å². The maximum atomic E-state index is 12.8. The third kappa shape index (κ3) is 3.29. The Balaban J connectivity index is 1.39. The zero-order chi connectivity index (χ0) is 19.6. The number of rotatable bonds is 4. The highest BCUT2D eigenvalue weighted by Gasteiger charge is 2.20. The number of pyridine rings is 1. The van der Waals surface area contributed by atoms with Gasteiger partial charge in [0.1, 0.15) is 5.69 Å². The van der Waals surface area contributed by atoms with Crippen LogP contribution in [0.5, 0.6) is 0 Å². The van der Waals surface area contributed by atoms with E-state index in [2.05, 4.69) is 45.9 Å². The summed E-state index contributed by atoms with van der Waals surface area (Å²) < 4.78 is 0. The molecule has 146 valence electrons. The lowest BCUT2D eigenvalue weighted by atomic mass is 10.2. The van der Waals surface area contributed by atoms with Crippen LogP contribution in [0.1, 0.15) is 10.6 Å². The average Bonchev–Trinajstić information content (AvgIpc) is 3.42. The predicted molar refractivity (Wildman–Crippen MR) is 109 cm³/mol. The topological polar surface area (TPSA) is 128 Å². The van der Waals surface area contributed by atoms with Crippen LogP contribution in [0.15, 0.2) is 42.7 Å². The van der Waals surface area contributed by atoms with Gasteiger partial charge in [0.05, 0.1) is 23.1 Å². The molecule has 1 amide bonds. The number of benzene rings is 1. The number of nitrogens with zero attached hydrogens (tertiary/aromatic N) is 5. The fourth-order valence-corrected chi connectivity index (χ4v) is 3.45. The van der Waals surface area contributed by atoms with Gasteiger partial charge >= 0.3 is 0 Å². The van der Waals surface area contributed by atoms with Crippen LogP contribution >= 0.6 is 0 Å². The number of carbonyl (C=O) groups excluding carboxylic acids is 1. The molecule has 0 bridgehead atoms. The van der Waals surface area contributed by atoms with E-state index in [1.807, 2.05) is 30.3 Å². The van der Waals surface area contributed by atoms with Crippen LogP contribution in [0.4, 0.5) is 11.4 Å². The van der Waals surface area contributed by atoms with E-state index in [-0.39, 0.29) is 11.7 Å². The highest BCUT2D eigenvalue weighted by molar-refractivity contribution is 6.03. The predicted octanol–water partition coefficient (Wildman–Crippen LogP) is 1.40. The normalized spacial score (nSPS) is 14.3. The largest absolute Gasteiger partial charge is 0.367 e. The number of aromatic amines is 2. The van der Waals surface area contributed by atoms with E-state index in [1.165, 1.54) is 0 Å². The molecule has 1 fully saturated rings. The molecule has 0 saturated carbocycles. The van der Waals surface area contributed by atoms with Gasteiger partial charge in [-0.05, 0) is 12.1 Å². The van der Waals surface area contributed by atoms with Gasteiger partial charge in [-0.2, -0.15) is 10.2 Å². The number of nitrogens with one attached hydrogen (secondary N) is 4. The lowest BCUT2D eigenvalue weighted by molar-refractivity contribution is 0.101. The highest BCUT2D eigenvalue weighted by Crippen LogP contribution is 2.26. The molecule has 0 unspecified atom stereocenters. The summed E-state index contributed by atoms with van der Waals surface area (Å²) in [5.74, 6) is 0.0938. The molecule has 4 aromatic rings. The Morgan fingerprint density at radius 1 is 1.07 bits per heavy atom. The van der Waals surface area contributed by atoms with E-state index in [0.717, 1.165) is 42.8 Å². The van der Waals surface area contributed by atoms with Crippen molar-refractivity contribution >= 4 is 28.2 Å². The fourth-order valence-electron chi connectivity index (χ4n) is 3.45. The Morgan fingerprint density at radius 2 is 1.93 bits per heavy atom. The molecule has 0 spiro atoms. The summed E-state index contributed by atoms with van der Waals surface area (Å²) in [6.07, 6.45) is 3.37. The van der Waals surface area contributed by atoms with Crippen molar-refractivity contribution in [2.24, 2.45) is 0 Å². The van der Waals surface area contributed by atoms with Crippen LogP contribution in [0.25, 0.3) is 22.4 Å². The van der Waals surface area contributed by atoms with Gasteiger partial charge in [0.15, 0.2) is 0 Å². The van der Waals surface area contributed by atoms with Gasteiger partial charge < -0.3 is 15.5 Å². The number of anilines is 2. The van der Waals surface area contributed by atoms with E-state index in [1.54, 1.807) is 12.4 Å². The molecule has 10 nitrogen and oxygen atoms in total. The molecular weight excluding hydrogens is 370 g/mol. The number of H-pyrrole nitrogens is 2. The van der Waals surface area contributed by atoms with E-state index in [4.69, 9.17) is 0 Å². The zero-order valence-corrected chi connectivity index (χ0v) is 15.5. The third-order valence-corrected chi connectivity index (χ3v) is 4.89. The van der Waals surface area contributed by atoms with E-state index >= 15 is 0 Å². The fraction of sp³-hybridized carbons (Fsp3) is 0.211. The SMILES string of the molecule is O=C(Nc1cnccc1N1CCNCC1)c1nc(-c2n[nH]c3ccccc23)n[nH]1. The molecule has 10 heteroatoms. The highest BCUT2D eigenvalue weighted by atomic mass is 16.2. The molecule has 1 saturated heterocycles. The summed E-state index contributed by atoms with van der Waals surface area (Å²) >= 11 is 0. The summed E-state index contributed by atoms with van der Waals surface area (Å²) in [4.78, 5) is 23.5. The number of para-hydroxylation sites is 1. The van der Waals surface area contributed by atoms with Crippen molar-refractivity contribution in [3.05, 3.63) is 48.5 Å². The molecular formula is C19H19N9O. The second kappa shape index (κ2) is 7.32. The van der Waals surface area contributed by atoms with Crippen molar-refractivity contribution in [3.8, 4) is 11.5 Å². The second-order valence-electron chi connectivity index (χ2n) is 6.71. The Bertz CT molecular complexity index is 1160. The molecule has 0 aliphatic carbocycles. The third-order valence-electron chi connectivity index (χ3n) is 4.89. The van der Waals surface area contributed by atoms with E-state index in [0.29, 0.717) is 17.2 Å². The lowest BCUT2D eigenvalue weighted by Gasteiger charge is -2.30. The lowest BCUT2D eigenvalue weighted by Crippen LogP contribution is -2.43. The van der Waals surface area contributed by atoms with Crippen LogP contribution in [-0.2, 0) is 0 Å². The van der Waals surface area contributed by atoms with Gasteiger partial charge in [-0.1, -0.05) is 18.2 Å². The first kappa shape index (κ1) is 17.3. The molecule has 1 aliphatic rings. The summed E-state index contributed by atoms with van der Waals surface area (Å²) in [7, 11) is 0. The standard InChI is InChI=1S/C19H19N9O/c29-19(22-14-11-21-6-5-15(14)28-9-7-20-8-10-28)18-23-17(26-27-18)16-12-3-1-2-4-13(12)24-25-16/h1-6,11,20H,7-10H2,(H,22,29)(H,24,25)(H,23,26,27).